The summed E-state index contributed by atoms with van der Waals surface area (Å²) in [5.74, 6) is -0.0906. The van der Waals surface area contributed by atoms with Crippen LogP contribution < -0.4 is 0 Å². The maximum atomic E-state index is 11.3. The van der Waals surface area contributed by atoms with E-state index >= 15 is 0 Å². The molecule has 1 heterocycles. The van der Waals surface area contributed by atoms with Crippen LogP contribution in [-0.4, -0.2) is 15.8 Å². The van der Waals surface area contributed by atoms with Gasteiger partial charge in [0.2, 0.25) is 5.78 Å². The highest BCUT2D eigenvalue weighted by molar-refractivity contribution is 6.02. The summed E-state index contributed by atoms with van der Waals surface area (Å²) in [6, 6.07) is 1.58. The molecule has 0 unspecified atom stereocenters. The van der Waals surface area contributed by atoms with Crippen LogP contribution >= 0.6 is 0 Å². The van der Waals surface area contributed by atoms with Gasteiger partial charge in [-0.2, -0.15) is 0 Å². The molecule has 0 fully saturated rings. The first-order valence-corrected chi connectivity index (χ1v) is 4.24. The minimum atomic E-state index is -0.0906. The Morgan fingerprint density at radius 1 is 1.69 bits per heavy atom. The fourth-order valence-corrected chi connectivity index (χ4v) is 0.841. The normalized spacial score (nSPS) is 10.5. The molecule has 0 atom stereocenters. The molecule has 1 aromatic rings. The Kier molecular flexibility index (Phi) is 3.82. The van der Waals surface area contributed by atoms with Crippen molar-refractivity contribution in [1.82, 2.24) is 9.97 Å². The fraction of sp³-hybridized carbons (Fsp3) is 0.300. The summed E-state index contributed by atoms with van der Waals surface area (Å²) in [7, 11) is 0. The molecule has 3 heteroatoms. The topological polar surface area (TPSA) is 42.9 Å². The van der Waals surface area contributed by atoms with Gasteiger partial charge in [-0.25, -0.2) is 9.97 Å². The van der Waals surface area contributed by atoms with Gasteiger partial charge in [0.05, 0.1) is 0 Å². The maximum absolute atomic E-state index is 11.3. The van der Waals surface area contributed by atoms with Crippen LogP contribution in [0.15, 0.2) is 24.4 Å². The molecule has 3 nitrogen and oxygen atoms in total. The molecule has 0 spiro atoms. The summed E-state index contributed by atoms with van der Waals surface area (Å²) in [4.78, 5) is 18.7. The van der Waals surface area contributed by atoms with E-state index in [1.54, 1.807) is 12.1 Å². The van der Waals surface area contributed by atoms with E-state index in [2.05, 4.69) is 23.2 Å². The summed E-state index contributed by atoms with van der Waals surface area (Å²) < 4.78 is 0. The number of hydrogen-bond donors (Lipinski definition) is 0. The Hall–Kier alpha value is -1.51. The largest absolute Gasteiger partial charge is 0.288 e. The highest BCUT2D eigenvalue weighted by Crippen LogP contribution is 1.96. The monoisotopic (exact) mass is 175 g/mol. The van der Waals surface area contributed by atoms with E-state index in [0.29, 0.717) is 5.69 Å². The van der Waals surface area contributed by atoms with Crippen molar-refractivity contribution in [2.75, 3.05) is 0 Å². The highest BCUT2D eigenvalue weighted by Gasteiger charge is 2.00. The van der Waals surface area contributed by atoms with E-state index in [1.807, 2.05) is 6.08 Å². The molecule has 0 aliphatic rings. The van der Waals surface area contributed by atoms with Crippen LogP contribution in [0, 0.1) is 6.33 Å². The van der Waals surface area contributed by atoms with Crippen LogP contribution in [0.3, 0.4) is 0 Å². The van der Waals surface area contributed by atoms with Gasteiger partial charge >= 0.3 is 0 Å². The number of rotatable bonds is 4. The molecular formula is C10H11N2O. The van der Waals surface area contributed by atoms with Gasteiger partial charge in [-0.1, -0.05) is 19.4 Å². The summed E-state index contributed by atoms with van der Waals surface area (Å²) in [6.45, 7) is 2.06. The smallest absolute Gasteiger partial charge is 0.203 e. The Morgan fingerprint density at radius 3 is 3.15 bits per heavy atom. The number of hydrogen-bond acceptors (Lipinski definition) is 3. The van der Waals surface area contributed by atoms with Crippen molar-refractivity contribution in [2.24, 2.45) is 0 Å². The molecule has 1 rings (SSSR count). The van der Waals surface area contributed by atoms with Gasteiger partial charge in [0.1, 0.15) is 5.69 Å². The Morgan fingerprint density at radius 2 is 2.54 bits per heavy atom. The van der Waals surface area contributed by atoms with E-state index < -0.39 is 0 Å². The molecule has 67 valence electrons. The van der Waals surface area contributed by atoms with Crippen molar-refractivity contribution in [1.29, 1.82) is 0 Å². The Bertz CT molecular complexity index is 293. The van der Waals surface area contributed by atoms with Crippen LogP contribution in [-0.2, 0) is 0 Å². The van der Waals surface area contributed by atoms with Crippen molar-refractivity contribution in [3.8, 4) is 0 Å². The first-order chi connectivity index (χ1) is 6.34. The fourth-order valence-electron chi connectivity index (χ4n) is 0.841. The second-order valence-corrected chi connectivity index (χ2v) is 2.60. The first kappa shape index (κ1) is 9.58. The van der Waals surface area contributed by atoms with Crippen molar-refractivity contribution in [3.05, 3.63) is 36.4 Å². The number of nitrogens with zero attached hydrogens (tertiary/aromatic N) is 2. The summed E-state index contributed by atoms with van der Waals surface area (Å²) in [6.07, 6.45) is 9.24. The van der Waals surface area contributed by atoms with Crippen molar-refractivity contribution in [2.45, 2.75) is 19.8 Å². The van der Waals surface area contributed by atoms with E-state index in [0.717, 1.165) is 12.8 Å². The lowest BCUT2D eigenvalue weighted by atomic mass is 10.2. The number of unbranched alkanes of at least 4 members (excludes halogenated alkanes) is 1. The number of carbonyl (C=O) groups is 1. The average Bonchev–Trinajstić information content (AvgIpc) is 2.19. The third-order valence-corrected chi connectivity index (χ3v) is 1.51. The number of ketones is 1. The van der Waals surface area contributed by atoms with Gasteiger partial charge in [0, 0.05) is 6.20 Å². The predicted octanol–water partition coefficient (Wildman–Crippen LogP) is 1.82. The van der Waals surface area contributed by atoms with Gasteiger partial charge in [0.15, 0.2) is 6.33 Å². The number of aromatic nitrogens is 2. The zero-order valence-electron chi connectivity index (χ0n) is 7.53. The lowest BCUT2D eigenvalue weighted by Gasteiger charge is -1.91. The Balaban J connectivity index is 2.59. The van der Waals surface area contributed by atoms with Crippen LogP contribution in [0.4, 0.5) is 0 Å². The van der Waals surface area contributed by atoms with Crippen LogP contribution in [0.5, 0.6) is 0 Å². The third-order valence-electron chi connectivity index (χ3n) is 1.51. The maximum Gasteiger partial charge on any atom is 0.203 e. The van der Waals surface area contributed by atoms with Gasteiger partial charge in [-0.05, 0) is 18.6 Å². The van der Waals surface area contributed by atoms with Gasteiger partial charge in [-0.3, -0.25) is 4.79 Å². The standard InChI is InChI=1S/C10H11N2O/c1-2-3-4-5-10(13)9-6-7-11-8-12-9/h4-7H,2-3H2,1H3. The molecule has 0 aliphatic carbocycles. The summed E-state index contributed by atoms with van der Waals surface area (Å²) in [5.41, 5.74) is 0.391. The molecular weight excluding hydrogens is 164 g/mol. The van der Waals surface area contributed by atoms with Crippen molar-refractivity contribution < 1.29 is 4.79 Å². The zero-order chi connectivity index (χ0) is 9.52. The molecule has 0 saturated carbocycles. The van der Waals surface area contributed by atoms with E-state index in [4.69, 9.17) is 0 Å². The lowest BCUT2D eigenvalue weighted by Crippen LogP contribution is -1.97. The minimum absolute atomic E-state index is 0.0906. The highest BCUT2D eigenvalue weighted by atomic mass is 16.1. The van der Waals surface area contributed by atoms with Gasteiger partial charge in [-0.15, -0.1) is 0 Å². The quantitative estimate of drug-likeness (QED) is 0.517. The van der Waals surface area contributed by atoms with Crippen LogP contribution in [0.1, 0.15) is 30.3 Å². The molecule has 13 heavy (non-hydrogen) atoms. The molecule has 0 N–H and O–H groups in total. The second-order valence-electron chi connectivity index (χ2n) is 2.60. The zero-order valence-corrected chi connectivity index (χ0v) is 7.53. The number of allylic oxidation sites excluding steroid dienone is 2. The number of carbonyl (C=O) groups excluding carboxylic acids is 1. The van der Waals surface area contributed by atoms with E-state index in [9.17, 15) is 4.79 Å². The summed E-state index contributed by atoms with van der Waals surface area (Å²) in [5, 5.41) is 0. The van der Waals surface area contributed by atoms with E-state index in [1.165, 1.54) is 6.20 Å². The van der Waals surface area contributed by atoms with Gasteiger partial charge < -0.3 is 0 Å². The second kappa shape index (κ2) is 5.19. The summed E-state index contributed by atoms with van der Waals surface area (Å²) >= 11 is 0. The SMILES string of the molecule is CCCC=CC(=O)c1ccn[c]n1. The third kappa shape index (κ3) is 3.15. The lowest BCUT2D eigenvalue weighted by molar-refractivity contribution is 0.104. The molecule has 0 amide bonds. The first-order valence-electron chi connectivity index (χ1n) is 4.24. The van der Waals surface area contributed by atoms with Crippen LogP contribution in [0.25, 0.3) is 0 Å². The Labute approximate surface area is 77.5 Å². The molecule has 1 aromatic heterocycles. The molecule has 0 aliphatic heterocycles. The predicted molar refractivity (Wildman–Crippen MR) is 49.2 cm³/mol. The molecule has 0 aromatic carbocycles. The molecule has 0 bridgehead atoms. The minimum Gasteiger partial charge on any atom is -0.288 e. The van der Waals surface area contributed by atoms with Crippen molar-refractivity contribution >= 4 is 5.78 Å². The van der Waals surface area contributed by atoms with Crippen molar-refractivity contribution in [3.63, 3.8) is 0 Å². The van der Waals surface area contributed by atoms with Gasteiger partial charge in [0.25, 0.3) is 0 Å². The molecule has 1 radical (unpaired) electrons. The van der Waals surface area contributed by atoms with Crippen LogP contribution in [0.2, 0.25) is 0 Å². The molecule has 0 saturated heterocycles. The van der Waals surface area contributed by atoms with E-state index in [-0.39, 0.29) is 5.78 Å². The average molecular weight is 175 g/mol.